The van der Waals surface area contributed by atoms with Crippen LogP contribution in [0.15, 0.2) is 71.6 Å². The van der Waals surface area contributed by atoms with Gasteiger partial charge in [0.25, 0.3) is 15.9 Å². The van der Waals surface area contributed by atoms with Gasteiger partial charge in [-0.05, 0) is 67.3 Å². The van der Waals surface area contributed by atoms with E-state index in [-0.39, 0.29) is 11.4 Å². The molecular weight excluding hydrogens is 436 g/mol. The number of fused-ring (bicyclic) bond motifs is 1. The van der Waals surface area contributed by atoms with Crippen LogP contribution in [0.25, 0.3) is 0 Å². The minimum absolute atomic E-state index is 0.123. The van der Waals surface area contributed by atoms with E-state index < -0.39 is 22.0 Å². The molecule has 7 heteroatoms. The first-order chi connectivity index (χ1) is 15.6. The molecule has 4 rings (SSSR count). The van der Waals surface area contributed by atoms with Crippen molar-refractivity contribution < 1.29 is 17.9 Å². The van der Waals surface area contributed by atoms with Crippen molar-refractivity contribution in [1.29, 1.82) is 0 Å². The Labute approximate surface area is 195 Å². The molecule has 3 aromatic carbocycles. The van der Waals surface area contributed by atoms with E-state index in [1.54, 1.807) is 36.4 Å². The van der Waals surface area contributed by atoms with E-state index in [2.05, 4.69) is 19.2 Å². The fourth-order valence-corrected chi connectivity index (χ4v) is 5.21. The summed E-state index contributed by atoms with van der Waals surface area (Å²) in [5, 5.41) is 2.86. The second kappa shape index (κ2) is 8.90. The van der Waals surface area contributed by atoms with E-state index in [1.807, 2.05) is 44.2 Å². The second-order valence-corrected chi connectivity index (χ2v) is 10.6. The Morgan fingerprint density at radius 2 is 1.61 bits per heavy atom. The molecule has 1 aliphatic rings. The van der Waals surface area contributed by atoms with E-state index in [1.165, 1.54) is 9.87 Å². The highest BCUT2D eigenvalue weighted by atomic mass is 32.2. The first-order valence-electron chi connectivity index (χ1n) is 10.9. The molecule has 172 valence electrons. The molecule has 0 radical (unpaired) electrons. The summed E-state index contributed by atoms with van der Waals surface area (Å²) in [6.45, 7) is 7.87. The Hall–Kier alpha value is -3.32. The van der Waals surface area contributed by atoms with E-state index in [0.717, 1.165) is 11.1 Å². The SMILES string of the molecule is Cc1ccc(S(=O)(=O)N2C[C@H](C(=O)Nc3ccc(C(C)C)cc3)Oc3cc(C)ccc32)cc1. The molecule has 1 atom stereocenters. The Morgan fingerprint density at radius 3 is 2.24 bits per heavy atom. The number of carbonyl (C=O) groups excluding carboxylic acids is 1. The van der Waals surface area contributed by atoms with Gasteiger partial charge in [-0.3, -0.25) is 9.10 Å². The summed E-state index contributed by atoms with van der Waals surface area (Å²) in [7, 11) is -3.89. The highest BCUT2D eigenvalue weighted by Gasteiger charge is 2.37. The van der Waals surface area contributed by atoms with Gasteiger partial charge in [0.2, 0.25) is 0 Å². The summed E-state index contributed by atoms with van der Waals surface area (Å²) in [6, 6.07) is 19.6. The Balaban J connectivity index is 1.64. The van der Waals surface area contributed by atoms with Crippen molar-refractivity contribution in [2.45, 2.75) is 44.6 Å². The van der Waals surface area contributed by atoms with Gasteiger partial charge in [0, 0.05) is 5.69 Å². The predicted octanol–water partition coefficient (Wildman–Crippen LogP) is 5.02. The number of amides is 1. The smallest absolute Gasteiger partial charge is 0.267 e. The van der Waals surface area contributed by atoms with Crippen LogP contribution in [0, 0.1) is 13.8 Å². The van der Waals surface area contributed by atoms with Crippen LogP contribution in [-0.4, -0.2) is 27.0 Å². The summed E-state index contributed by atoms with van der Waals surface area (Å²) in [5.41, 5.74) is 4.10. The molecule has 0 fully saturated rings. The van der Waals surface area contributed by atoms with Crippen LogP contribution in [0.5, 0.6) is 5.75 Å². The largest absolute Gasteiger partial charge is 0.476 e. The third-order valence-electron chi connectivity index (χ3n) is 5.73. The Kier molecular flexibility index (Phi) is 6.17. The lowest BCUT2D eigenvalue weighted by molar-refractivity contribution is -0.122. The number of anilines is 2. The molecule has 1 aliphatic heterocycles. The number of carbonyl (C=O) groups is 1. The fourth-order valence-electron chi connectivity index (χ4n) is 3.74. The van der Waals surface area contributed by atoms with Crippen LogP contribution in [0.3, 0.4) is 0 Å². The molecule has 0 saturated heterocycles. The number of sulfonamides is 1. The van der Waals surface area contributed by atoms with Gasteiger partial charge in [-0.25, -0.2) is 8.42 Å². The van der Waals surface area contributed by atoms with Gasteiger partial charge in [-0.2, -0.15) is 0 Å². The molecule has 0 saturated carbocycles. The predicted molar refractivity (Wildman–Crippen MR) is 130 cm³/mol. The van der Waals surface area contributed by atoms with E-state index in [9.17, 15) is 13.2 Å². The normalized spacial score (nSPS) is 15.7. The third kappa shape index (κ3) is 4.73. The minimum Gasteiger partial charge on any atom is -0.476 e. The maximum Gasteiger partial charge on any atom is 0.267 e. The zero-order chi connectivity index (χ0) is 23.8. The number of hydrogen-bond acceptors (Lipinski definition) is 4. The van der Waals surface area contributed by atoms with Crippen LogP contribution in [0.4, 0.5) is 11.4 Å². The Morgan fingerprint density at radius 1 is 0.970 bits per heavy atom. The average molecular weight is 465 g/mol. The molecule has 33 heavy (non-hydrogen) atoms. The van der Waals surface area contributed by atoms with Gasteiger partial charge in [0.15, 0.2) is 6.10 Å². The summed E-state index contributed by atoms with van der Waals surface area (Å²) in [5.74, 6) is 0.354. The van der Waals surface area contributed by atoms with E-state index >= 15 is 0 Å². The van der Waals surface area contributed by atoms with Crippen molar-refractivity contribution >= 4 is 27.3 Å². The third-order valence-corrected chi connectivity index (χ3v) is 7.53. The molecule has 1 amide bonds. The highest BCUT2D eigenvalue weighted by molar-refractivity contribution is 7.92. The van der Waals surface area contributed by atoms with E-state index in [4.69, 9.17) is 4.74 Å². The number of hydrogen-bond donors (Lipinski definition) is 1. The van der Waals surface area contributed by atoms with Crippen molar-refractivity contribution in [3.63, 3.8) is 0 Å². The quantitative estimate of drug-likeness (QED) is 0.575. The lowest BCUT2D eigenvalue weighted by atomic mass is 10.0. The minimum atomic E-state index is -3.89. The van der Waals surface area contributed by atoms with Gasteiger partial charge in [-0.1, -0.05) is 49.7 Å². The summed E-state index contributed by atoms with van der Waals surface area (Å²) < 4.78 is 34.3. The average Bonchev–Trinajstić information content (AvgIpc) is 2.78. The molecular formula is C26H28N2O4S. The van der Waals surface area contributed by atoms with Crippen LogP contribution in [0.2, 0.25) is 0 Å². The molecule has 1 N–H and O–H groups in total. The zero-order valence-corrected chi connectivity index (χ0v) is 20.0. The van der Waals surface area contributed by atoms with E-state index in [0.29, 0.717) is 23.0 Å². The van der Waals surface area contributed by atoms with Crippen LogP contribution < -0.4 is 14.4 Å². The van der Waals surface area contributed by atoms with Gasteiger partial charge >= 0.3 is 0 Å². The molecule has 0 aliphatic carbocycles. The number of nitrogens with zero attached hydrogens (tertiary/aromatic N) is 1. The fraction of sp³-hybridized carbons (Fsp3) is 0.269. The molecule has 6 nitrogen and oxygen atoms in total. The number of nitrogens with one attached hydrogen (secondary N) is 1. The monoisotopic (exact) mass is 464 g/mol. The van der Waals surface area contributed by atoms with Crippen molar-refractivity contribution in [2.75, 3.05) is 16.2 Å². The first-order valence-corrected chi connectivity index (χ1v) is 12.4. The van der Waals surface area contributed by atoms with Crippen molar-refractivity contribution in [1.82, 2.24) is 0 Å². The maximum absolute atomic E-state index is 13.5. The zero-order valence-electron chi connectivity index (χ0n) is 19.2. The number of benzene rings is 3. The molecule has 0 spiro atoms. The lowest BCUT2D eigenvalue weighted by Gasteiger charge is -2.35. The molecule has 0 aromatic heterocycles. The van der Waals surface area contributed by atoms with Crippen molar-refractivity contribution in [2.24, 2.45) is 0 Å². The molecule has 0 unspecified atom stereocenters. The highest BCUT2D eigenvalue weighted by Crippen LogP contribution is 2.38. The number of ether oxygens (including phenoxy) is 1. The molecule has 0 bridgehead atoms. The van der Waals surface area contributed by atoms with Gasteiger partial charge in [0.05, 0.1) is 17.1 Å². The van der Waals surface area contributed by atoms with Crippen LogP contribution >= 0.6 is 0 Å². The summed E-state index contributed by atoms with van der Waals surface area (Å²) >= 11 is 0. The summed E-state index contributed by atoms with van der Waals surface area (Å²) in [4.78, 5) is 13.2. The lowest BCUT2D eigenvalue weighted by Crippen LogP contribution is -2.48. The Bertz CT molecular complexity index is 1270. The summed E-state index contributed by atoms with van der Waals surface area (Å²) in [6.07, 6.45) is -0.996. The van der Waals surface area contributed by atoms with Crippen molar-refractivity contribution in [3.05, 3.63) is 83.4 Å². The standard InChI is InChI=1S/C26H28N2O4S/c1-17(2)20-8-10-21(11-9-20)27-26(29)25-16-28(23-14-7-19(4)15-24(23)32-25)33(30,31)22-12-5-18(3)6-13-22/h5-15,17,25H,16H2,1-4H3,(H,27,29)/t25-/m1/s1. The van der Waals surface area contributed by atoms with Crippen LogP contribution in [-0.2, 0) is 14.8 Å². The maximum atomic E-state index is 13.5. The van der Waals surface area contributed by atoms with Gasteiger partial charge in [0.1, 0.15) is 5.75 Å². The first kappa shape index (κ1) is 22.9. The topological polar surface area (TPSA) is 75.7 Å². The van der Waals surface area contributed by atoms with Crippen LogP contribution in [0.1, 0.15) is 36.5 Å². The number of rotatable bonds is 5. The van der Waals surface area contributed by atoms with Crippen molar-refractivity contribution in [3.8, 4) is 5.75 Å². The second-order valence-electron chi connectivity index (χ2n) is 8.69. The van der Waals surface area contributed by atoms with Gasteiger partial charge < -0.3 is 10.1 Å². The van der Waals surface area contributed by atoms with Gasteiger partial charge in [-0.15, -0.1) is 0 Å². The molecule has 3 aromatic rings. The number of aryl methyl sites for hydroxylation is 2. The molecule has 1 heterocycles.